The first-order chi connectivity index (χ1) is 5.11. The second-order valence-electron chi connectivity index (χ2n) is 2.39. The van der Waals surface area contributed by atoms with Crippen molar-refractivity contribution < 1.29 is 9.59 Å². The molecule has 3 nitrogen and oxygen atoms in total. The fourth-order valence-corrected chi connectivity index (χ4v) is 0.884. The molecule has 0 fully saturated rings. The summed E-state index contributed by atoms with van der Waals surface area (Å²) in [6.07, 6.45) is 2.68. The molecule has 1 aliphatic heterocycles. The van der Waals surface area contributed by atoms with Crippen LogP contribution in [0.4, 0.5) is 0 Å². The lowest BCUT2D eigenvalue weighted by Crippen LogP contribution is -2.15. The van der Waals surface area contributed by atoms with Crippen LogP contribution in [0.3, 0.4) is 0 Å². The van der Waals surface area contributed by atoms with E-state index in [4.69, 9.17) is 0 Å². The summed E-state index contributed by atoms with van der Waals surface area (Å²) >= 11 is 0. The van der Waals surface area contributed by atoms with E-state index in [0.29, 0.717) is 5.57 Å². The third kappa shape index (κ3) is 1.55. The number of ketones is 1. The van der Waals surface area contributed by atoms with Crippen molar-refractivity contribution in [2.45, 2.75) is 13.8 Å². The van der Waals surface area contributed by atoms with E-state index in [2.05, 4.69) is 5.32 Å². The van der Waals surface area contributed by atoms with Gasteiger partial charge in [0.05, 0.1) is 0 Å². The van der Waals surface area contributed by atoms with Gasteiger partial charge in [-0.15, -0.1) is 0 Å². The van der Waals surface area contributed by atoms with Crippen molar-refractivity contribution in [3.05, 3.63) is 23.4 Å². The van der Waals surface area contributed by atoms with Crippen LogP contribution in [0.25, 0.3) is 0 Å². The number of hydrogen-bond acceptors (Lipinski definition) is 2. The molecule has 1 heterocycles. The molecule has 0 aromatic heterocycles. The van der Waals surface area contributed by atoms with Gasteiger partial charge in [-0.2, -0.15) is 0 Å². The average Bonchev–Trinajstić information content (AvgIpc) is 1.94. The minimum atomic E-state index is -0.360. The van der Waals surface area contributed by atoms with Crippen LogP contribution in [0.2, 0.25) is 0 Å². The highest BCUT2D eigenvalue weighted by Crippen LogP contribution is 2.12. The monoisotopic (exact) mass is 150 g/mol. The molecule has 0 unspecified atom stereocenters. The summed E-state index contributed by atoms with van der Waals surface area (Å²) in [5.41, 5.74) is 1.21. The molecule has 0 aromatic carbocycles. The topological polar surface area (TPSA) is 48.2 Å². The number of Topliss-reactive ketones (excluding diaryl/α,β-unsaturated/α-hetero) is 1. The summed E-state index contributed by atoms with van der Waals surface area (Å²) in [4.78, 5) is 21.5. The van der Waals surface area contributed by atoms with Crippen molar-refractivity contribution in [3.8, 4) is 0 Å². The van der Waals surface area contributed by atoms with Crippen LogP contribution in [0.1, 0.15) is 13.8 Å². The average molecular weight is 150 g/mol. The molecule has 0 saturated carbocycles. The van der Waals surface area contributed by atoms with Gasteiger partial charge in [0.2, 0.25) is 0 Å². The zero-order chi connectivity index (χ0) is 8.43. The Kier molecular flexibility index (Phi) is 1.89. The molecule has 1 amide bonds. The Morgan fingerprint density at radius 1 is 1.55 bits per heavy atom. The summed E-state index contributed by atoms with van der Waals surface area (Å²) < 4.78 is 0. The molecule has 0 N–H and O–H groups in total. The van der Waals surface area contributed by atoms with Gasteiger partial charge in [0.15, 0.2) is 5.78 Å². The number of carbonyl (C=O) groups is 2. The van der Waals surface area contributed by atoms with Gasteiger partial charge >= 0.3 is 0 Å². The first-order valence-electron chi connectivity index (χ1n) is 3.26. The highest BCUT2D eigenvalue weighted by Gasteiger charge is 2.13. The van der Waals surface area contributed by atoms with Crippen molar-refractivity contribution in [1.29, 1.82) is 0 Å². The van der Waals surface area contributed by atoms with Gasteiger partial charge in [-0.1, -0.05) is 0 Å². The van der Waals surface area contributed by atoms with Gasteiger partial charge in [0.25, 0.3) is 5.91 Å². The lowest BCUT2D eigenvalue weighted by Gasteiger charge is -2.07. The Hall–Kier alpha value is -1.38. The van der Waals surface area contributed by atoms with Gasteiger partial charge in [-0.05, 0) is 19.4 Å². The third-order valence-corrected chi connectivity index (χ3v) is 1.46. The highest BCUT2D eigenvalue weighted by molar-refractivity contribution is 6.05. The van der Waals surface area contributed by atoms with Gasteiger partial charge in [-0.3, -0.25) is 9.59 Å². The molecular weight excluding hydrogens is 142 g/mol. The van der Waals surface area contributed by atoms with Crippen molar-refractivity contribution in [2.75, 3.05) is 0 Å². The molecule has 57 valence electrons. The Balaban J connectivity index is 2.99. The predicted molar refractivity (Wildman–Crippen MR) is 39.7 cm³/mol. The molecule has 11 heavy (non-hydrogen) atoms. The fraction of sp³-hybridized carbons (Fsp3) is 0.250. The van der Waals surface area contributed by atoms with Crippen LogP contribution < -0.4 is 5.32 Å². The maximum atomic E-state index is 10.9. The minimum absolute atomic E-state index is 0.0954. The number of nitrogens with zero attached hydrogens (tertiary/aromatic N) is 1. The van der Waals surface area contributed by atoms with E-state index >= 15 is 0 Å². The molecular formula is C8H8NO2. The van der Waals surface area contributed by atoms with Gasteiger partial charge in [0.1, 0.15) is 0 Å². The molecule has 1 rings (SSSR count). The quantitative estimate of drug-likeness (QED) is 0.548. The van der Waals surface area contributed by atoms with E-state index < -0.39 is 0 Å². The van der Waals surface area contributed by atoms with E-state index in [-0.39, 0.29) is 11.7 Å². The van der Waals surface area contributed by atoms with E-state index in [1.807, 2.05) is 0 Å². The van der Waals surface area contributed by atoms with E-state index in [1.54, 1.807) is 6.92 Å². The van der Waals surface area contributed by atoms with Crippen LogP contribution >= 0.6 is 0 Å². The fourth-order valence-electron chi connectivity index (χ4n) is 0.884. The van der Waals surface area contributed by atoms with E-state index in [0.717, 1.165) is 5.57 Å². The number of amides is 1. The Morgan fingerprint density at radius 3 is 2.64 bits per heavy atom. The van der Waals surface area contributed by atoms with Crippen molar-refractivity contribution >= 4 is 11.7 Å². The van der Waals surface area contributed by atoms with Crippen LogP contribution in [-0.2, 0) is 9.59 Å². The molecule has 0 spiro atoms. The first kappa shape index (κ1) is 7.72. The largest absolute Gasteiger partial charge is 0.294 e. The number of allylic oxidation sites excluding steroid dienone is 2. The van der Waals surface area contributed by atoms with Crippen molar-refractivity contribution in [2.24, 2.45) is 0 Å². The third-order valence-electron chi connectivity index (χ3n) is 1.46. The molecule has 0 bridgehead atoms. The number of rotatable bonds is 1. The number of carbonyl (C=O) groups excluding carboxylic acids is 2. The molecule has 1 aliphatic rings. The standard InChI is InChI=1S/C8H8NO2/c1-5-4-9-8(11)3-7(5)6(2)10/h3-4H,1-2H3. The maximum absolute atomic E-state index is 10.9. The van der Waals surface area contributed by atoms with Crippen LogP contribution in [-0.4, -0.2) is 11.7 Å². The smallest absolute Gasteiger partial charge is 0.270 e. The molecule has 1 radical (unpaired) electrons. The van der Waals surface area contributed by atoms with Crippen molar-refractivity contribution in [1.82, 2.24) is 5.32 Å². The Labute approximate surface area is 64.8 Å². The molecule has 0 aromatic rings. The normalized spacial score (nSPS) is 16.7. The van der Waals surface area contributed by atoms with Gasteiger partial charge < -0.3 is 0 Å². The number of hydrogen-bond donors (Lipinski definition) is 0. The molecule has 0 aliphatic carbocycles. The Bertz CT molecular complexity index is 274. The van der Waals surface area contributed by atoms with Crippen LogP contribution in [0, 0.1) is 0 Å². The second-order valence-corrected chi connectivity index (χ2v) is 2.39. The predicted octanol–water partition coefficient (Wildman–Crippen LogP) is 0.550. The molecule has 0 atom stereocenters. The van der Waals surface area contributed by atoms with Crippen LogP contribution in [0.15, 0.2) is 23.4 Å². The minimum Gasteiger partial charge on any atom is -0.294 e. The van der Waals surface area contributed by atoms with Gasteiger partial charge in [-0.25, -0.2) is 5.32 Å². The SMILES string of the molecule is CC(=O)C1=CC(=O)[N]C=C1C. The highest BCUT2D eigenvalue weighted by atomic mass is 16.1. The lowest BCUT2D eigenvalue weighted by atomic mass is 10.0. The lowest BCUT2D eigenvalue weighted by molar-refractivity contribution is -0.117. The zero-order valence-corrected chi connectivity index (χ0v) is 6.42. The summed E-state index contributed by atoms with van der Waals surface area (Å²) in [5, 5.41) is 3.51. The Morgan fingerprint density at radius 2 is 2.18 bits per heavy atom. The molecule has 3 heteroatoms. The van der Waals surface area contributed by atoms with Crippen LogP contribution in [0.5, 0.6) is 0 Å². The van der Waals surface area contributed by atoms with E-state index in [1.165, 1.54) is 19.2 Å². The summed E-state index contributed by atoms with van der Waals surface area (Å²) in [6.45, 7) is 3.19. The maximum Gasteiger partial charge on any atom is 0.270 e. The van der Waals surface area contributed by atoms with Gasteiger partial charge in [0, 0.05) is 17.8 Å². The zero-order valence-electron chi connectivity index (χ0n) is 6.42. The second kappa shape index (κ2) is 2.70. The first-order valence-corrected chi connectivity index (χ1v) is 3.26. The summed E-state index contributed by atoms with van der Waals surface area (Å²) in [5.74, 6) is -0.456. The molecule has 0 saturated heterocycles. The summed E-state index contributed by atoms with van der Waals surface area (Å²) in [6, 6.07) is 0. The van der Waals surface area contributed by atoms with E-state index in [9.17, 15) is 9.59 Å². The van der Waals surface area contributed by atoms with Crippen molar-refractivity contribution in [3.63, 3.8) is 0 Å². The summed E-state index contributed by atoms with van der Waals surface area (Å²) in [7, 11) is 0.